The number of hydrogen-bond donors (Lipinski definition) is 0. The van der Waals surface area contributed by atoms with Gasteiger partial charge in [-0.2, -0.15) is 0 Å². The van der Waals surface area contributed by atoms with Gasteiger partial charge in [-0.25, -0.2) is 4.98 Å². The summed E-state index contributed by atoms with van der Waals surface area (Å²) < 4.78 is 2.01. The fraction of sp³-hybridized carbons (Fsp3) is 0.400. The summed E-state index contributed by atoms with van der Waals surface area (Å²) in [6, 6.07) is 0. The third kappa shape index (κ3) is 10.9. The zero-order valence-corrected chi connectivity index (χ0v) is 10.3. The molecule has 0 aromatic carbocycles. The van der Waals surface area contributed by atoms with Crippen molar-refractivity contribution in [3.05, 3.63) is 18.7 Å². The molecular formula is C5H8Cl4FeN2. The van der Waals surface area contributed by atoms with Crippen LogP contribution in [0.15, 0.2) is 18.7 Å². The molecular weight excluding hydrogens is 286 g/mol. The zero-order valence-electron chi connectivity index (χ0n) is 6.20. The van der Waals surface area contributed by atoms with Gasteiger partial charge in [0.2, 0.25) is 0 Å². The van der Waals surface area contributed by atoms with Crippen molar-refractivity contribution in [3.8, 4) is 0 Å². The number of hydrogen-bond acceptors (Lipinski definition) is 1. The molecule has 0 aliphatic carbocycles. The predicted octanol–water partition coefficient (Wildman–Crippen LogP) is 3.66. The maximum absolute atomic E-state index is 4.95. The standard InChI is InChI=1S/C5H8N2.4ClH.Fe/c1-2-7-4-3-6-5-7;;;;;/h3-5H,2H2,1H3;4*1H;/q;;;;;+4/p-4. The Morgan fingerprint density at radius 1 is 1.33 bits per heavy atom. The van der Waals surface area contributed by atoms with Crippen molar-refractivity contribution in [2.45, 2.75) is 13.5 Å². The molecule has 0 atom stereocenters. The predicted molar refractivity (Wildman–Crippen MR) is 51.3 cm³/mol. The van der Waals surface area contributed by atoms with Gasteiger partial charge in [0.1, 0.15) is 0 Å². The first-order valence-corrected chi connectivity index (χ1v) is 9.00. The van der Waals surface area contributed by atoms with Gasteiger partial charge in [0.05, 0.1) is 6.33 Å². The van der Waals surface area contributed by atoms with E-state index in [1.165, 1.54) is 0 Å². The van der Waals surface area contributed by atoms with Gasteiger partial charge in [-0.3, -0.25) is 0 Å². The summed E-state index contributed by atoms with van der Waals surface area (Å²) in [6.07, 6.45) is 5.53. The van der Waals surface area contributed by atoms with E-state index in [9.17, 15) is 0 Å². The quantitative estimate of drug-likeness (QED) is 0.723. The molecule has 0 saturated heterocycles. The molecule has 12 heavy (non-hydrogen) atoms. The first-order chi connectivity index (χ1) is 5.43. The third-order valence-electron chi connectivity index (χ3n) is 0.924. The summed E-state index contributed by atoms with van der Waals surface area (Å²) in [5.74, 6) is 0. The Morgan fingerprint density at radius 2 is 1.83 bits per heavy atom. The average molecular weight is 294 g/mol. The van der Waals surface area contributed by atoms with Crippen LogP contribution in [0.4, 0.5) is 0 Å². The Labute approximate surface area is 90.9 Å². The Morgan fingerprint density at radius 3 is 2.00 bits per heavy atom. The molecule has 0 aliphatic heterocycles. The zero-order chi connectivity index (χ0) is 9.61. The maximum atomic E-state index is 4.95. The van der Waals surface area contributed by atoms with Gasteiger partial charge in [0.25, 0.3) is 0 Å². The van der Waals surface area contributed by atoms with Crippen LogP contribution in [0.25, 0.3) is 0 Å². The van der Waals surface area contributed by atoms with E-state index in [0.29, 0.717) is 0 Å². The molecule has 0 amide bonds. The molecule has 0 saturated carbocycles. The minimum atomic E-state index is -2.61. The number of nitrogens with zero attached hydrogens (tertiary/aromatic N) is 2. The van der Waals surface area contributed by atoms with Crippen LogP contribution in [0.1, 0.15) is 6.92 Å². The van der Waals surface area contributed by atoms with Crippen LogP contribution in [0.3, 0.4) is 0 Å². The van der Waals surface area contributed by atoms with Gasteiger partial charge >= 0.3 is 49.6 Å². The molecule has 0 N–H and O–H groups in total. The number of aryl methyl sites for hydroxylation is 1. The molecule has 7 heteroatoms. The summed E-state index contributed by atoms with van der Waals surface area (Å²) in [7, 11) is 17.2. The number of halogens is 4. The summed E-state index contributed by atoms with van der Waals surface area (Å²) in [4.78, 5) is 3.86. The third-order valence-corrected chi connectivity index (χ3v) is 0.924. The van der Waals surface area contributed by atoms with Crippen LogP contribution in [0.2, 0.25) is 0 Å². The van der Waals surface area contributed by atoms with Crippen molar-refractivity contribution in [1.29, 1.82) is 0 Å². The monoisotopic (exact) mass is 292 g/mol. The SMILES string of the molecule is CCn1ccnc1.[Cl][Fe]([Cl])([Cl])[Cl]. The fourth-order valence-electron chi connectivity index (χ4n) is 0.474. The molecule has 1 heterocycles. The van der Waals surface area contributed by atoms with E-state index in [4.69, 9.17) is 40.4 Å². The molecule has 0 unspecified atom stereocenters. The topological polar surface area (TPSA) is 17.8 Å². The molecule has 74 valence electrons. The van der Waals surface area contributed by atoms with E-state index in [1.807, 2.05) is 10.8 Å². The van der Waals surface area contributed by atoms with E-state index < -0.39 is 9.20 Å². The molecule has 1 rings (SSSR count). The van der Waals surface area contributed by atoms with E-state index >= 15 is 0 Å². The van der Waals surface area contributed by atoms with Crippen molar-refractivity contribution >= 4 is 40.4 Å². The van der Waals surface area contributed by atoms with Gasteiger partial charge in [-0.15, -0.1) is 0 Å². The van der Waals surface area contributed by atoms with Crippen LogP contribution in [0, 0.1) is 0 Å². The molecule has 0 fully saturated rings. The van der Waals surface area contributed by atoms with Crippen LogP contribution >= 0.6 is 40.4 Å². The van der Waals surface area contributed by atoms with E-state index in [1.54, 1.807) is 12.5 Å². The summed E-state index contributed by atoms with van der Waals surface area (Å²) in [6.45, 7) is 3.10. The first kappa shape index (κ1) is 12.9. The van der Waals surface area contributed by atoms with Gasteiger partial charge in [0, 0.05) is 18.9 Å². The summed E-state index contributed by atoms with van der Waals surface area (Å²) >= 11 is 0. The Bertz CT molecular complexity index is 190. The number of rotatable bonds is 1. The van der Waals surface area contributed by atoms with Gasteiger partial charge in [-0.1, -0.05) is 0 Å². The molecule has 0 aliphatic rings. The molecule has 1 aromatic rings. The average Bonchev–Trinajstić information content (AvgIpc) is 2.33. The molecule has 0 radical (unpaired) electrons. The summed E-state index contributed by atoms with van der Waals surface area (Å²) in [5.41, 5.74) is 0. The second-order valence-electron chi connectivity index (χ2n) is 1.70. The van der Waals surface area contributed by atoms with E-state index in [2.05, 4.69) is 11.9 Å². The molecule has 0 bridgehead atoms. The second kappa shape index (κ2) is 6.36. The van der Waals surface area contributed by atoms with Crippen LogP contribution in [-0.4, -0.2) is 9.55 Å². The summed E-state index contributed by atoms with van der Waals surface area (Å²) in [5, 5.41) is 0. The van der Waals surface area contributed by atoms with Crippen molar-refractivity contribution in [2.24, 2.45) is 0 Å². The van der Waals surface area contributed by atoms with Crippen molar-refractivity contribution in [2.75, 3.05) is 0 Å². The Hall–Kier alpha value is 0.889. The molecule has 0 spiro atoms. The first-order valence-electron chi connectivity index (χ1n) is 2.92. The van der Waals surface area contributed by atoms with E-state index in [-0.39, 0.29) is 0 Å². The van der Waals surface area contributed by atoms with Crippen LogP contribution < -0.4 is 0 Å². The van der Waals surface area contributed by atoms with Crippen molar-refractivity contribution < 1.29 is 9.20 Å². The van der Waals surface area contributed by atoms with Gasteiger partial charge in [0.15, 0.2) is 0 Å². The number of imidazole rings is 1. The second-order valence-corrected chi connectivity index (χ2v) is 12.6. The van der Waals surface area contributed by atoms with E-state index in [0.717, 1.165) is 6.54 Å². The van der Waals surface area contributed by atoms with Gasteiger partial charge < -0.3 is 4.57 Å². The normalized spacial score (nSPS) is 11.8. The fourth-order valence-corrected chi connectivity index (χ4v) is 0.474. The molecule has 2 nitrogen and oxygen atoms in total. The van der Waals surface area contributed by atoms with Gasteiger partial charge in [-0.05, 0) is 6.92 Å². The number of aromatic nitrogens is 2. The Balaban J connectivity index is 0.000000217. The Kier molecular flexibility index (Phi) is 6.83. The minimum absolute atomic E-state index is 1.01. The molecule has 1 aromatic heterocycles. The van der Waals surface area contributed by atoms with Crippen LogP contribution in [-0.2, 0) is 15.7 Å². The van der Waals surface area contributed by atoms with Crippen molar-refractivity contribution in [3.63, 3.8) is 0 Å². The van der Waals surface area contributed by atoms with Crippen LogP contribution in [0.5, 0.6) is 0 Å². The van der Waals surface area contributed by atoms with Crippen molar-refractivity contribution in [1.82, 2.24) is 9.55 Å².